The van der Waals surface area contributed by atoms with E-state index in [4.69, 9.17) is 33.2 Å². The first kappa shape index (κ1) is 41.5. The van der Waals surface area contributed by atoms with Gasteiger partial charge in [-0.15, -0.1) is 0 Å². The first-order valence-electron chi connectivity index (χ1n) is 18.6. The van der Waals surface area contributed by atoms with Gasteiger partial charge < -0.3 is 53.8 Å². The van der Waals surface area contributed by atoms with Crippen LogP contribution in [0.15, 0.2) is 48.1 Å². The Labute approximate surface area is 314 Å². The number of carbonyl (C=O) groups is 4. The van der Waals surface area contributed by atoms with Gasteiger partial charge in [-0.3, -0.25) is 9.59 Å². The molecule has 15 heteroatoms. The maximum absolute atomic E-state index is 13.8. The molecule has 6 bridgehead atoms. The second kappa shape index (κ2) is 18.3. The van der Waals surface area contributed by atoms with Crippen LogP contribution in [0, 0.1) is 5.41 Å². The van der Waals surface area contributed by atoms with Crippen LogP contribution in [0.25, 0.3) is 0 Å². The lowest BCUT2D eigenvalue weighted by molar-refractivity contribution is -0.324. The number of methoxy groups -OCH3 is 1. The number of fused-ring (bicyclic) bond motifs is 6. The number of amides is 1. The zero-order valence-corrected chi connectivity index (χ0v) is 31.3. The number of rotatable bonds is 5. The number of anilines is 1. The predicted octanol–water partition coefficient (Wildman–Crippen LogP) is 3.24. The van der Waals surface area contributed by atoms with E-state index in [-0.39, 0.29) is 61.0 Å². The summed E-state index contributed by atoms with van der Waals surface area (Å²) in [5.41, 5.74) is -0.891. The van der Waals surface area contributed by atoms with Crippen molar-refractivity contribution < 1.29 is 67.7 Å². The fraction of sp³-hybridized carbons (Fsp3) is 0.641. The van der Waals surface area contributed by atoms with E-state index in [0.29, 0.717) is 25.1 Å². The summed E-state index contributed by atoms with van der Waals surface area (Å²) in [6.45, 7) is 4.42. The van der Waals surface area contributed by atoms with Crippen molar-refractivity contribution in [3.8, 4) is 0 Å². The molecule has 4 aliphatic rings. The Morgan fingerprint density at radius 1 is 1.02 bits per heavy atom. The van der Waals surface area contributed by atoms with E-state index in [1.165, 1.54) is 26.2 Å². The molecule has 4 heterocycles. The van der Waals surface area contributed by atoms with Crippen molar-refractivity contribution in [2.75, 3.05) is 25.6 Å². The summed E-state index contributed by atoms with van der Waals surface area (Å²) in [5, 5.41) is 36.4. The van der Waals surface area contributed by atoms with E-state index in [0.717, 1.165) is 25.3 Å². The number of ether oxygens (including phenoxy) is 7. The summed E-state index contributed by atoms with van der Waals surface area (Å²) in [7, 11) is 1.18. The molecule has 4 aliphatic heterocycles. The summed E-state index contributed by atoms with van der Waals surface area (Å²) in [5.74, 6) is -5.16. The fourth-order valence-electron chi connectivity index (χ4n) is 7.42. The van der Waals surface area contributed by atoms with Crippen molar-refractivity contribution in [2.24, 2.45) is 5.41 Å². The third-order valence-electron chi connectivity index (χ3n) is 10.2. The number of hydrogen-bond acceptors (Lipinski definition) is 14. The predicted molar refractivity (Wildman–Crippen MR) is 191 cm³/mol. The fourth-order valence-corrected chi connectivity index (χ4v) is 7.42. The Bertz CT molecular complexity index is 1560. The van der Waals surface area contributed by atoms with Crippen molar-refractivity contribution in [3.63, 3.8) is 0 Å². The average Bonchev–Trinajstić information content (AvgIpc) is 3.11. The normalized spacial score (nSPS) is 34.8. The molecule has 5 rings (SSSR count). The van der Waals surface area contributed by atoms with Crippen LogP contribution in [0.2, 0.25) is 0 Å². The molecule has 0 aromatic heterocycles. The topological polar surface area (TPSA) is 206 Å². The highest BCUT2D eigenvalue weighted by Crippen LogP contribution is 2.47. The van der Waals surface area contributed by atoms with Gasteiger partial charge in [-0.2, -0.15) is 0 Å². The number of aliphatic hydroxyl groups excluding tert-OH is 2. The number of benzene rings is 1. The Morgan fingerprint density at radius 2 is 1.76 bits per heavy atom. The third-order valence-corrected chi connectivity index (χ3v) is 10.2. The van der Waals surface area contributed by atoms with Crippen molar-refractivity contribution >= 4 is 29.5 Å². The standard InChI is InChI=1S/C39H53NO14/c1-23(42)40-26-8-5-7-24(15-26)37(46)53-36-25(17-33(44)48-4)16-31-21-32(22-41)51-34(45)19-27(43)18-28-9-6-10-29(50-28)20-30-12-14-49-35(52-30)11-13-38(2,3)39(36,47)54-31/h5,7-8,11,13,15,17,27-32,35-36,41,43,47H,6,9-10,12,14,16,18-22H2,1-4H3,(H,40,42)/b13-11+,25-17+/t27-,28+,29-,30+,31+,32-,35+,36+,39-/m1/s1. The molecule has 54 heavy (non-hydrogen) atoms. The highest BCUT2D eigenvalue weighted by atomic mass is 16.7. The molecule has 3 saturated heterocycles. The Morgan fingerprint density at radius 3 is 2.48 bits per heavy atom. The van der Waals surface area contributed by atoms with Crippen molar-refractivity contribution in [3.05, 3.63) is 53.6 Å². The lowest BCUT2D eigenvalue weighted by atomic mass is 9.74. The second-order valence-corrected chi connectivity index (χ2v) is 15.0. The van der Waals surface area contributed by atoms with Crippen LogP contribution in [-0.4, -0.2) is 114 Å². The smallest absolute Gasteiger partial charge is 0.339 e. The quantitative estimate of drug-likeness (QED) is 0.147. The van der Waals surface area contributed by atoms with Crippen molar-refractivity contribution in [1.82, 2.24) is 0 Å². The van der Waals surface area contributed by atoms with E-state index in [9.17, 15) is 34.5 Å². The zero-order chi connectivity index (χ0) is 39.0. The SMILES string of the molecule is COC(=O)/C=C1\C[C@H]2C[C@H](CO)OC(=O)C[C@H](O)C[C@@H]3CCC[C@H](C[C@@H]4CCO[C@H](/C=C/C(C)(C)[C@](O)(O2)[C@H]1OC(=O)c1cccc(NC(C)=O)c1)O4)O3. The number of aliphatic hydroxyl groups is 3. The summed E-state index contributed by atoms with van der Waals surface area (Å²) in [6, 6.07) is 6.02. The molecule has 0 aliphatic carbocycles. The molecule has 15 nitrogen and oxygen atoms in total. The van der Waals surface area contributed by atoms with E-state index in [1.54, 1.807) is 38.1 Å². The molecular weight excluding hydrogens is 706 g/mol. The molecule has 0 radical (unpaired) electrons. The highest BCUT2D eigenvalue weighted by molar-refractivity contribution is 5.94. The van der Waals surface area contributed by atoms with Gasteiger partial charge in [-0.25, -0.2) is 9.59 Å². The molecular formula is C39H53NO14. The largest absolute Gasteiger partial charge is 0.466 e. The number of esters is 3. The zero-order valence-electron chi connectivity index (χ0n) is 31.3. The average molecular weight is 760 g/mol. The van der Waals surface area contributed by atoms with E-state index in [2.05, 4.69) is 5.32 Å². The molecule has 3 fully saturated rings. The Hall–Kier alpha value is -3.70. The molecule has 0 unspecified atom stereocenters. The number of carbonyl (C=O) groups excluding carboxylic acids is 4. The minimum Gasteiger partial charge on any atom is -0.466 e. The second-order valence-electron chi connectivity index (χ2n) is 15.0. The van der Waals surface area contributed by atoms with Gasteiger partial charge in [-0.05, 0) is 68.4 Å². The molecule has 298 valence electrons. The lowest BCUT2D eigenvalue weighted by Crippen LogP contribution is -2.62. The monoisotopic (exact) mass is 759 g/mol. The van der Waals surface area contributed by atoms with Gasteiger partial charge in [-0.1, -0.05) is 26.0 Å². The Kier molecular flexibility index (Phi) is 14.0. The number of hydrogen-bond donors (Lipinski definition) is 4. The van der Waals surface area contributed by atoms with E-state index < -0.39 is 66.4 Å². The maximum atomic E-state index is 13.8. The van der Waals surface area contributed by atoms with Crippen LogP contribution < -0.4 is 5.32 Å². The molecule has 4 N–H and O–H groups in total. The van der Waals surface area contributed by atoms with Crippen molar-refractivity contribution in [1.29, 1.82) is 0 Å². The number of nitrogens with one attached hydrogen (secondary N) is 1. The summed E-state index contributed by atoms with van der Waals surface area (Å²) in [4.78, 5) is 51.2. The van der Waals surface area contributed by atoms with Gasteiger partial charge in [0.15, 0.2) is 12.4 Å². The van der Waals surface area contributed by atoms with Gasteiger partial charge in [0.1, 0.15) is 6.10 Å². The highest BCUT2D eigenvalue weighted by Gasteiger charge is 2.57. The Balaban J connectivity index is 1.52. The van der Waals surface area contributed by atoms with Crippen LogP contribution in [0.5, 0.6) is 0 Å². The molecule has 9 atom stereocenters. The maximum Gasteiger partial charge on any atom is 0.339 e. The van der Waals surface area contributed by atoms with Gasteiger partial charge in [0.25, 0.3) is 0 Å². The van der Waals surface area contributed by atoms with Gasteiger partial charge in [0.05, 0.1) is 62.8 Å². The van der Waals surface area contributed by atoms with Gasteiger partial charge in [0, 0.05) is 36.9 Å². The molecule has 0 saturated carbocycles. The summed E-state index contributed by atoms with van der Waals surface area (Å²) < 4.78 is 41.4. The number of cyclic esters (lactones) is 1. The minimum atomic E-state index is -2.39. The van der Waals surface area contributed by atoms with Crippen LogP contribution in [0.1, 0.15) is 88.9 Å². The van der Waals surface area contributed by atoms with Crippen LogP contribution in [0.3, 0.4) is 0 Å². The van der Waals surface area contributed by atoms with E-state index in [1.807, 2.05) is 0 Å². The molecule has 0 spiro atoms. The van der Waals surface area contributed by atoms with Crippen LogP contribution in [-0.2, 0) is 47.5 Å². The molecule has 1 aromatic rings. The van der Waals surface area contributed by atoms with Crippen LogP contribution >= 0.6 is 0 Å². The van der Waals surface area contributed by atoms with E-state index >= 15 is 0 Å². The first-order valence-corrected chi connectivity index (χ1v) is 18.6. The van der Waals surface area contributed by atoms with Gasteiger partial charge >= 0.3 is 17.9 Å². The minimum absolute atomic E-state index is 0.0439. The van der Waals surface area contributed by atoms with Crippen LogP contribution in [0.4, 0.5) is 5.69 Å². The van der Waals surface area contributed by atoms with Crippen molar-refractivity contribution in [2.45, 2.75) is 133 Å². The first-order chi connectivity index (χ1) is 25.7. The molecule has 1 amide bonds. The summed E-state index contributed by atoms with van der Waals surface area (Å²) >= 11 is 0. The lowest BCUT2D eigenvalue weighted by Gasteiger charge is -2.51. The van der Waals surface area contributed by atoms with Gasteiger partial charge in [0.2, 0.25) is 11.7 Å². The third kappa shape index (κ3) is 10.7. The summed E-state index contributed by atoms with van der Waals surface area (Å²) in [6.07, 6.45) is 1.69. The molecule has 1 aromatic carbocycles.